The molecule has 1 unspecified atom stereocenters. The molecule has 4 atom stereocenters. The molecule has 1 aliphatic rings. The van der Waals surface area contributed by atoms with E-state index in [9.17, 15) is 0 Å². The number of hydrogen-bond acceptors (Lipinski definition) is 4. The summed E-state index contributed by atoms with van der Waals surface area (Å²) in [6.45, 7) is 6.99. The van der Waals surface area contributed by atoms with Crippen LogP contribution in [-0.4, -0.2) is 29.3 Å². The van der Waals surface area contributed by atoms with E-state index in [-0.39, 0.29) is 17.5 Å². The second-order valence-electron chi connectivity index (χ2n) is 8.91. The Morgan fingerprint density at radius 1 is 0.636 bits per heavy atom. The normalized spacial score (nSPS) is 22.6. The van der Waals surface area contributed by atoms with Crippen molar-refractivity contribution in [2.24, 2.45) is 5.92 Å². The highest BCUT2D eigenvalue weighted by atomic mass is 32.2. The summed E-state index contributed by atoms with van der Waals surface area (Å²) in [5.41, 5.74) is 3.57. The maximum absolute atomic E-state index is 6.56. The van der Waals surface area contributed by atoms with Crippen LogP contribution in [0.1, 0.15) is 30.5 Å². The lowest BCUT2D eigenvalue weighted by Gasteiger charge is -2.28. The van der Waals surface area contributed by atoms with E-state index in [0.717, 1.165) is 0 Å². The maximum atomic E-state index is 6.56. The first-order valence-corrected chi connectivity index (χ1v) is 12.7. The van der Waals surface area contributed by atoms with Gasteiger partial charge in [-0.1, -0.05) is 105 Å². The first-order chi connectivity index (χ1) is 16.2. The van der Waals surface area contributed by atoms with Crippen molar-refractivity contribution in [3.05, 3.63) is 108 Å². The molecule has 3 nitrogen and oxygen atoms in total. The number of benzene rings is 3. The van der Waals surface area contributed by atoms with Crippen LogP contribution >= 0.6 is 11.8 Å². The third-order valence-electron chi connectivity index (χ3n) is 5.97. The standard InChI is InChI=1S/C29H34O3S/c1-22(2)29-28(32-20-25-16-10-5-11-17-25)27(31-19-24-14-8-4-9-15-24)26(33-29)21-30-18-23-12-6-3-7-13-23/h3-17,22,26-29H,18-21H2,1-2H3/t26-,27+,28-,29?/m0/s1. The zero-order valence-electron chi connectivity index (χ0n) is 19.5. The van der Waals surface area contributed by atoms with Gasteiger partial charge in [0.2, 0.25) is 0 Å². The van der Waals surface area contributed by atoms with E-state index in [0.29, 0.717) is 37.6 Å². The molecule has 174 valence electrons. The maximum Gasteiger partial charge on any atom is 0.0993 e. The van der Waals surface area contributed by atoms with E-state index >= 15 is 0 Å². The highest BCUT2D eigenvalue weighted by Gasteiger charge is 2.46. The molecule has 0 N–H and O–H groups in total. The number of hydrogen-bond donors (Lipinski definition) is 0. The molecule has 4 heteroatoms. The molecule has 1 aliphatic heterocycles. The molecule has 0 aliphatic carbocycles. The summed E-state index contributed by atoms with van der Waals surface area (Å²) in [6, 6.07) is 31.1. The summed E-state index contributed by atoms with van der Waals surface area (Å²) in [4.78, 5) is 0. The minimum atomic E-state index is -0.0258. The van der Waals surface area contributed by atoms with Crippen LogP contribution in [0, 0.1) is 5.92 Å². The van der Waals surface area contributed by atoms with Gasteiger partial charge in [0, 0.05) is 5.25 Å². The summed E-state index contributed by atoms with van der Waals surface area (Å²) in [7, 11) is 0. The highest BCUT2D eigenvalue weighted by Crippen LogP contribution is 2.42. The summed E-state index contributed by atoms with van der Waals surface area (Å²) in [5, 5.41) is 0.588. The van der Waals surface area contributed by atoms with Crippen LogP contribution in [-0.2, 0) is 34.0 Å². The van der Waals surface area contributed by atoms with Gasteiger partial charge in [-0.3, -0.25) is 0 Å². The zero-order valence-corrected chi connectivity index (χ0v) is 20.3. The van der Waals surface area contributed by atoms with Gasteiger partial charge >= 0.3 is 0 Å². The van der Waals surface area contributed by atoms with Gasteiger partial charge in [-0.25, -0.2) is 0 Å². The van der Waals surface area contributed by atoms with Crippen LogP contribution < -0.4 is 0 Å². The van der Waals surface area contributed by atoms with Crippen molar-refractivity contribution in [2.75, 3.05) is 6.61 Å². The monoisotopic (exact) mass is 462 g/mol. The molecule has 3 aromatic carbocycles. The lowest BCUT2D eigenvalue weighted by molar-refractivity contribution is -0.0886. The molecule has 1 heterocycles. The lowest BCUT2D eigenvalue weighted by atomic mass is 9.99. The van der Waals surface area contributed by atoms with Crippen molar-refractivity contribution in [1.82, 2.24) is 0 Å². The molecule has 0 amide bonds. The SMILES string of the molecule is CC(C)C1S[C@@H](COCc2ccccc2)[C@@H](OCc2ccccc2)[C@@H]1OCc1ccccc1. The number of ether oxygens (including phenoxy) is 3. The molecular weight excluding hydrogens is 428 g/mol. The average molecular weight is 463 g/mol. The zero-order chi connectivity index (χ0) is 22.9. The fraction of sp³-hybridized carbons (Fsp3) is 0.379. The molecule has 0 saturated carbocycles. The Labute approximate surface area is 202 Å². The van der Waals surface area contributed by atoms with Crippen molar-refractivity contribution in [1.29, 1.82) is 0 Å². The van der Waals surface area contributed by atoms with Gasteiger partial charge in [0.25, 0.3) is 0 Å². The Kier molecular flexibility index (Phi) is 9.01. The third-order valence-corrected chi connectivity index (χ3v) is 7.85. The second kappa shape index (κ2) is 12.4. The molecule has 1 saturated heterocycles. The molecule has 4 rings (SSSR count). The molecule has 1 fully saturated rings. The Morgan fingerprint density at radius 2 is 1.09 bits per heavy atom. The predicted molar refractivity (Wildman–Crippen MR) is 136 cm³/mol. The van der Waals surface area contributed by atoms with Gasteiger partial charge in [-0.05, 0) is 22.6 Å². The van der Waals surface area contributed by atoms with Crippen LogP contribution in [0.4, 0.5) is 0 Å². The molecule has 3 aromatic rings. The van der Waals surface area contributed by atoms with E-state index in [1.807, 2.05) is 30.0 Å². The van der Waals surface area contributed by atoms with Gasteiger partial charge in [-0.2, -0.15) is 0 Å². The molecule has 0 aromatic heterocycles. The number of thioether (sulfide) groups is 1. The van der Waals surface area contributed by atoms with Gasteiger partial charge in [0.15, 0.2) is 0 Å². The minimum Gasteiger partial charge on any atom is -0.376 e. The van der Waals surface area contributed by atoms with Crippen LogP contribution in [0.25, 0.3) is 0 Å². The van der Waals surface area contributed by atoms with Crippen molar-refractivity contribution in [3.8, 4) is 0 Å². The summed E-state index contributed by atoms with van der Waals surface area (Å²) in [6.07, 6.45) is -0.00802. The average Bonchev–Trinajstić information content (AvgIpc) is 3.21. The van der Waals surface area contributed by atoms with Crippen LogP contribution in [0.15, 0.2) is 91.0 Å². The first-order valence-electron chi connectivity index (χ1n) is 11.8. The van der Waals surface area contributed by atoms with Crippen LogP contribution in [0.3, 0.4) is 0 Å². The molecule has 0 radical (unpaired) electrons. The first kappa shape index (κ1) is 24.0. The topological polar surface area (TPSA) is 27.7 Å². The third kappa shape index (κ3) is 6.94. The Hall–Kier alpha value is -2.11. The molecule has 33 heavy (non-hydrogen) atoms. The van der Waals surface area contributed by atoms with Crippen LogP contribution in [0.2, 0.25) is 0 Å². The van der Waals surface area contributed by atoms with Gasteiger partial charge in [-0.15, -0.1) is 11.8 Å². The highest BCUT2D eigenvalue weighted by molar-refractivity contribution is 8.01. The summed E-state index contributed by atoms with van der Waals surface area (Å²) < 4.78 is 19.3. The fourth-order valence-corrected chi connectivity index (χ4v) is 5.89. The van der Waals surface area contributed by atoms with E-state index in [1.165, 1.54) is 16.7 Å². The molecular formula is C29H34O3S. The van der Waals surface area contributed by atoms with E-state index in [2.05, 4.69) is 86.6 Å². The van der Waals surface area contributed by atoms with Crippen molar-refractivity contribution in [3.63, 3.8) is 0 Å². The van der Waals surface area contributed by atoms with E-state index in [4.69, 9.17) is 14.2 Å². The molecule has 0 spiro atoms. The van der Waals surface area contributed by atoms with Gasteiger partial charge in [0.1, 0.15) is 0 Å². The van der Waals surface area contributed by atoms with Crippen molar-refractivity contribution in [2.45, 2.75) is 56.4 Å². The van der Waals surface area contributed by atoms with Crippen molar-refractivity contribution >= 4 is 11.8 Å². The van der Waals surface area contributed by atoms with Crippen molar-refractivity contribution < 1.29 is 14.2 Å². The summed E-state index contributed by atoms with van der Waals surface area (Å²) in [5.74, 6) is 0.484. The number of rotatable bonds is 11. The minimum absolute atomic E-state index is 0.0178. The second-order valence-corrected chi connectivity index (χ2v) is 10.3. The Bertz CT molecular complexity index is 933. The largest absolute Gasteiger partial charge is 0.376 e. The van der Waals surface area contributed by atoms with Gasteiger partial charge < -0.3 is 14.2 Å². The smallest absolute Gasteiger partial charge is 0.0993 e. The fourth-order valence-electron chi connectivity index (χ4n) is 4.22. The van der Waals surface area contributed by atoms with Crippen LogP contribution in [0.5, 0.6) is 0 Å². The van der Waals surface area contributed by atoms with E-state index in [1.54, 1.807) is 0 Å². The lowest BCUT2D eigenvalue weighted by Crippen LogP contribution is -2.40. The quantitative estimate of drug-likeness (QED) is 0.324. The Balaban J connectivity index is 1.45. The predicted octanol–water partition coefficient (Wildman–Crippen LogP) is 6.51. The van der Waals surface area contributed by atoms with Gasteiger partial charge in [0.05, 0.1) is 43.9 Å². The van der Waals surface area contributed by atoms with E-state index < -0.39 is 0 Å². The Morgan fingerprint density at radius 3 is 1.58 bits per heavy atom. The summed E-state index contributed by atoms with van der Waals surface area (Å²) >= 11 is 1.97. The molecule has 0 bridgehead atoms.